The molecule has 0 saturated carbocycles. The lowest BCUT2D eigenvalue weighted by Crippen LogP contribution is -2.40. The maximum absolute atomic E-state index is 6.58. The largest absolute Gasteiger partial charge is 0.457 e. The Morgan fingerprint density at radius 1 is 0.542 bits per heavy atom. The van der Waals surface area contributed by atoms with Crippen LogP contribution in [0.25, 0.3) is 27.8 Å². The van der Waals surface area contributed by atoms with Gasteiger partial charge in [0.25, 0.3) is 0 Å². The number of benzene rings is 4. The highest BCUT2D eigenvalue weighted by Crippen LogP contribution is 2.62. The van der Waals surface area contributed by atoms with Gasteiger partial charge < -0.3 is 9.30 Å². The zero-order valence-electron chi connectivity index (χ0n) is 26.4. The van der Waals surface area contributed by atoms with Crippen LogP contribution in [0.1, 0.15) is 33.4 Å². The molecule has 0 amide bonds. The van der Waals surface area contributed by atoms with Gasteiger partial charge in [-0.2, -0.15) is 0 Å². The van der Waals surface area contributed by atoms with Gasteiger partial charge in [0.15, 0.2) is 0 Å². The topological polar surface area (TPSA) is 56.1 Å². The molecule has 6 nitrogen and oxygen atoms in total. The second kappa shape index (κ2) is 9.86. The highest BCUT2D eigenvalue weighted by atomic mass is 16.5. The van der Waals surface area contributed by atoms with Crippen LogP contribution in [-0.4, -0.2) is 19.5 Å². The summed E-state index contributed by atoms with van der Waals surface area (Å²) < 4.78 is 8.77. The van der Waals surface area contributed by atoms with Crippen molar-refractivity contribution in [2.24, 2.45) is 0 Å². The fraction of sp³-hybridized carbons (Fsp3) is 0.0714. The summed E-state index contributed by atoms with van der Waals surface area (Å²) in [5.41, 5.74) is 13.4. The highest BCUT2D eigenvalue weighted by molar-refractivity contribution is 6.04. The van der Waals surface area contributed by atoms with Crippen LogP contribution in [0.2, 0.25) is 0 Å². The molecule has 0 atom stereocenters. The third-order valence-corrected chi connectivity index (χ3v) is 9.89. The molecule has 48 heavy (non-hydrogen) atoms. The summed E-state index contributed by atoms with van der Waals surface area (Å²) >= 11 is 0. The van der Waals surface area contributed by atoms with Crippen molar-refractivity contribution < 1.29 is 4.74 Å². The van der Waals surface area contributed by atoms with Gasteiger partial charge in [0.05, 0.1) is 39.7 Å². The number of pyridine rings is 3. The monoisotopic (exact) mass is 619 g/mol. The van der Waals surface area contributed by atoms with E-state index in [1.807, 2.05) is 30.7 Å². The van der Waals surface area contributed by atoms with Crippen molar-refractivity contribution in [3.05, 3.63) is 173 Å². The Bertz CT molecular complexity index is 2430. The standard InChI is InChI=1S/C42H29N5O/c1-26-15-18-33-31(23-26)42(29-9-3-5-13-37(29)48-38-14-6-4-10-30(38)42)32-24-27(2)16-19-34(32)47(33)39-20-17-28(25-45-39)46-35-11-7-21-43-40(35)41-36(46)12-8-22-44-41/h3-25H,1-2H3. The van der Waals surface area contributed by atoms with Gasteiger partial charge in [0.2, 0.25) is 0 Å². The van der Waals surface area contributed by atoms with E-state index in [4.69, 9.17) is 9.72 Å². The molecule has 0 radical (unpaired) electrons. The van der Waals surface area contributed by atoms with Crippen LogP contribution in [0, 0.1) is 13.8 Å². The average Bonchev–Trinajstić information content (AvgIpc) is 3.46. The van der Waals surface area contributed by atoms with Crippen LogP contribution in [0.3, 0.4) is 0 Å². The molecule has 0 unspecified atom stereocenters. The van der Waals surface area contributed by atoms with Gasteiger partial charge in [-0.1, -0.05) is 71.8 Å². The number of para-hydroxylation sites is 2. The molecule has 6 heterocycles. The van der Waals surface area contributed by atoms with E-state index < -0.39 is 5.41 Å². The molecule has 10 rings (SSSR count). The SMILES string of the molecule is Cc1ccc2c(c1)C1(c3ccccc3Oc3ccccc31)c1cc(C)ccc1N2c1ccc(-n2c3cccnc3c3ncccc32)cn1. The fourth-order valence-electron chi connectivity index (χ4n) is 7.96. The number of ether oxygens (including phenoxy) is 1. The predicted molar refractivity (Wildman–Crippen MR) is 190 cm³/mol. The van der Waals surface area contributed by atoms with Crippen LogP contribution in [0.15, 0.2) is 140 Å². The van der Waals surface area contributed by atoms with Crippen molar-refractivity contribution in [3.8, 4) is 17.2 Å². The van der Waals surface area contributed by atoms with E-state index >= 15 is 0 Å². The predicted octanol–water partition coefficient (Wildman–Crippen LogP) is 9.86. The molecule has 0 fully saturated rings. The number of anilines is 3. The molecule has 4 aromatic heterocycles. The van der Waals surface area contributed by atoms with Crippen molar-refractivity contribution in [1.29, 1.82) is 0 Å². The Kier molecular flexibility index (Phi) is 5.53. The Morgan fingerprint density at radius 2 is 1.10 bits per heavy atom. The number of aromatic nitrogens is 4. The molecule has 8 aromatic rings. The fourth-order valence-corrected chi connectivity index (χ4v) is 7.96. The van der Waals surface area contributed by atoms with Crippen molar-refractivity contribution in [2.75, 3.05) is 4.90 Å². The molecule has 1 spiro atoms. The van der Waals surface area contributed by atoms with Gasteiger partial charge in [-0.3, -0.25) is 14.9 Å². The Balaban J connectivity index is 1.23. The summed E-state index contributed by atoms with van der Waals surface area (Å²) in [5.74, 6) is 2.60. The summed E-state index contributed by atoms with van der Waals surface area (Å²) in [6, 6.07) is 42.9. The zero-order chi connectivity index (χ0) is 32.0. The maximum Gasteiger partial charge on any atom is 0.137 e. The summed E-state index contributed by atoms with van der Waals surface area (Å²) in [6.45, 7) is 4.34. The van der Waals surface area contributed by atoms with Crippen molar-refractivity contribution in [1.82, 2.24) is 19.5 Å². The van der Waals surface area contributed by atoms with E-state index in [1.165, 1.54) is 22.3 Å². The second-order valence-electron chi connectivity index (χ2n) is 12.7. The molecule has 2 aliphatic heterocycles. The van der Waals surface area contributed by atoms with Gasteiger partial charge in [0.1, 0.15) is 28.4 Å². The molecule has 4 aromatic carbocycles. The summed E-state index contributed by atoms with van der Waals surface area (Å²) in [6.07, 6.45) is 5.59. The van der Waals surface area contributed by atoms with Crippen LogP contribution in [0.4, 0.5) is 17.2 Å². The van der Waals surface area contributed by atoms with Crippen LogP contribution >= 0.6 is 0 Å². The third-order valence-electron chi connectivity index (χ3n) is 9.89. The molecular weight excluding hydrogens is 590 g/mol. The van der Waals surface area contributed by atoms with E-state index in [9.17, 15) is 0 Å². The second-order valence-corrected chi connectivity index (χ2v) is 12.7. The van der Waals surface area contributed by atoms with E-state index in [0.29, 0.717) is 0 Å². The average molecular weight is 620 g/mol. The summed E-state index contributed by atoms with van der Waals surface area (Å²) in [4.78, 5) is 16.8. The smallest absolute Gasteiger partial charge is 0.137 e. The molecular formula is C42H29N5O. The molecule has 228 valence electrons. The third kappa shape index (κ3) is 3.54. The molecule has 6 heteroatoms. The van der Waals surface area contributed by atoms with Gasteiger partial charge in [-0.25, -0.2) is 4.98 Å². The van der Waals surface area contributed by atoms with Crippen molar-refractivity contribution >= 4 is 39.3 Å². The highest BCUT2D eigenvalue weighted by Gasteiger charge is 2.51. The zero-order valence-corrected chi connectivity index (χ0v) is 26.4. The number of nitrogens with zero attached hydrogens (tertiary/aromatic N) is 5. The van der Waals surface area contributed by atoms with Gasteiger partial charge >= 0.3 is 0 Å². The lowest BCUT2D eigenvalue weighted by Gasteiger charge is -2.48. The van der Waals surface area contributed by atoms with Gasteiger partial charge in [-0.15, -0.1) is 0 Å². The number of fused-ring (bicyclic) bond motifs is 11. The lowest BCUT2D eigenvalue weighted by atomic mass is 9.61. The first-order valence-corrected chi connectivity index (χ1v) is 16.2. The van der Waals surface area contributed by atoms with E-state index in [2.05, 4.69) is 142 Å². The van der Waals surface area contributed by atoms with Crippen molar-refractivity contribution in [2.45, 2.75) is 19.3 Å². The number of hydrogen-bond donors (Lipinski definition) is 0. The molecule has 0 saturated heterocycles. The Hall–Kier alpha value is -6.27. The van der Waals surface area contributed by atoms with Gasteiger partial charge in [-0.05, 0) is 85.6 Å². The van der Waals surface area contributed by atoms with E-state index in [1.54, 1.807) is 0 Å². The Labute approximate surface area is 277 Å². The molecule has 0 N–H and O–H groups in total. The minimum Gasteiger partial charge on any atom is -0.457 e. The molecule has 0 bridgehead atoms. The molecule has 2 aliphatic rings. The number of rotatable bonds is 2. The minimum atomic E-state index is -0.590. The molecule has 0 aliphatic carbocycles. The quantitative estimate of drug-likeness (QED) is 0.193. The van der Waals surface area contributed by atoms with E-state index in [0.717, 1.165) is 67.6 Å². The lowest BCUT2D eigenvalue weighted by molar-refractivity contribution is 0.434. The first-order valence-electron chi connectivity index (χ1n) is 16.2. The van der Waals surface area contributed by atoms with Crippen LogP contribution in [-0.2, 0) is 5.41 Å². The first-order chi connectivity index (χ1) is 23.6. The van der Waals surface area contributed by atoms with Crippen LogP contribution < -0.4 is 9.64 Å². The minimum absolute atomic E-state index is 0.590. The number of hydrogen-bond acceptors (Lipinski definition) is 5. The summed E-state index contributed by atoms with van der Waals surface area (Å²) in [5, 5.41) is 0. The van der Waals surface area contributed by atoms with Crippen LogP contribution in [0.5, 0.6) is 11.5 Å². The summed E-state index contributed by atoms with van der Waals surface area (Å²) in [7, 11) is 0. The normalized spacial score (nSPS) is 13.9. The van der Waals surface area contributed by atoms with E-state index in [-0.39, 0.29) is 0 Å². The van der Waals surface area contributed by atoms with Gasteiger partial charge in [0, 0.05) is 23.5 Å². The Morgan fingerprint density at radius 3 is 1.65 bits per heavy atom. The van der Waals surface area contributed by atoms with Crippen molar-refractivity contribution in [3.63, 3.8) is 0 Å². The first kappa shape index (κ1) is 26.9. The number of aryl methyl sites for hydroxylation is 2. The maximum atomic E-state index is 6.58.